The zero-order valence-electron chi connectivity index (χ0n) is 14.3. The molecule has 0 spiro atoms. The maximum absolute atomic E-state index is 12.9. The standard InChI is InChI=1S/C19H26N2OS/c1-14-12-18(15(2)21(14)16-8-5-4-6-9-16)19(22)20(3)13-17-10-7-11-23-17/h7,10-12,16H,4-6,8-9,13H2,1-3H3. The van der Waals surface area contributed by atoms with E-state index in [-0.39, 0.29) is 5.91 Å². The molecule has 23 heavy (non-hydrogen) atoms. The number of carbonyl (C=O) groups is 1. The quantitative estimate of drug-likeness (QED) is 0.779. The molecule has 1 aliphatic rings. The molecule has 1 aliphatic carbocycles. The molecule has 3 rings (SSSR count). The van der Waals surface area contributed by atoms with Crippen molar-refractivity contribution < 1.29 is 4.79 Å². The number of hydrogen-bond acceptors (Lipinski definition) is 2. The molecule has 0 aliphatic heterocycles. The van der Waals surface area contributed by atoms with E-state index >= 15 is 0 Å². The van der Waals surface area contributed by atoms with Crippen molar-refractivity contribution in [2.24, 2.45) is 0 Å². The molecular formula is C19H26N2OS. The molecule has 4 heteroatoms. The molecule has 2 heterocycles. The van der Waals surface area contributed by atoms with E-state index in [1.54, 1.807) is 11.3 Å². The molecule has 0 radical (unpaired) electrons. The molecule has 0 aromatic carbocycles. The van der Waals surface area contributed by atoms with E-state index in [1.807, 2.05) is 18.0 Å². The number of thiophene rings is 1. The van der Waals surface area contributed by atoms with Gasteiger partial charge >= 0.3 is 0 Å². The van der Waals surface area contributed by atoms with Gasteiger partial charge in [0, 0.05) is 29.4 Å². The Balaban J connectivity index is 1.80. The lowest BCUT2D eigenvalue weighted by Gasteiger charge is -2.26. The fourth-order valence-corrected chi connectivity index (χ4v) is 4.57. The van der Waals surface area contributed by atoms with Crippen LogP contribution in [0.2, 0.25) is 0 Å². The average molecular weight is 330 g/mol. The highest BCUT2D eigenvalue weighted by molar-refractivity contribution is 7.09. The highest BCUT2D eigenvalue weighted by atomic mass is 32.1. The van der Waals surface area contributed by atoms with Gasteiger partial charge in [-0.3, -0.25) is 4.79 Å². The highest BCUT2D eigenvalue weighted by Crippen LogP contribution is 2.32. The third kappa shape index (κ3) is 3.37. The Kier molecular flexibility index (Phi) is 4.90. The number of aromatic nitrogens is 1. The van der Waals surface area contributed by atoms with Gasteiger partial charge in [-0.2, -0.15) is 0 Å². The molecule has 0 unspecified atom stereocenters. The molecule has 124 valence electrons. The lowest BCUT2D eigenvalue weighted by atomic mass is 9.95. The molecule has 0 atom stereocenters. The van der Waals surface area contributed by atoms with Crippen LogP contribution in [0, 0.1) is 13.8 Å². The summed E-state index contributed by atoms with van der Waals surface area (Å²) in [5, 5.41) is 2.06. The van der Waals surface area contributed by atoms with Crippen LogP contribution in [0.4, 0.5) is 0 Å². The van der Waals surface area contributed by atoms with Gasteiger partial charge in [-0.15, -0.1) is 11.3 Å². The smallest absolute Gasteiger partial charge is 0.255 e. The number of amides is 1. The van der Waals surface area contributed by atoms with Gasteiger partial charge in [0.05, 0.1) is 12.1 Å². The predicted octanol–water partition coefficient (Wildman–Crippen LogP) is 4.94. The molecule has 0 N–H and O–H groups in total. The number of aryl methyl sites for hydroxylation is 1. The topological polar surface area (TPSA) is 25.2 Å². The molecule has 3 nitrogen and oxygen atoms in total. The SMILES string of the molecule is Cc1cc(C(=O)N(C)Cc2cccs2)c(C)n1C1CCCCC1. The van der Waals surface area contributed by atoms with E-state index in [4.69, 9.17) is 0 Å². The van der Waals surface area contributed by atoms with Gasteiger partial charge in [-0.1, -0.05) is 25.3 Å². The Labute approximate surface area is 142 Å². The maximum Gasteiger partial charge on any atom is 0.255 e. The van der Waals surface area contributed by atoms with Crippen LogP contribution < -0.4 is 0 Å². The summed E-state index contributed by atoms with van der Waals surface area (Å²) in [4.78, 5) is 15.9. The van der Waals surface area contributed by atoms with Crippen molar-refractivity contribution in [1.82, 2.24) is 9.47 Å². The first-order valence-corrected chi connectivity index (χ1v) is 9.42. The van der Waals surface area contributed by atoms with Crippen LogP contribution in [0.1, 0.15) is 64.8 Å². The summed E-state index contributed by atoms with van der Waals surface area (Å²) in [6.07, 6.45) is 6.46. The zero-order valence-corrected chi connectivity index (χ0v) is 15.2. The summed E-state index contributed by atoms with van der Waals surface area (Å²) in [7, 11) is 1.90. The van der Waals surface area contributed by atoms with Gasteiger partial charge in [0.1, 0.15) is 0 Å². The van der Waals surface area contributed by atoms with Gasteiger partial charge in [-0.25, -0.2) is 0 Å². The van der Waals surface area contributed by atoms with E-state index in [9.17, 15) is 4.79 Å². The maximum atomic E-state index is 12.9. The number of nitrogens with zero attached hydrogens (tertiary/aromatic N) is 2. The first kappa shape index (κ1) is 16.3. The van der Waals surface area contributed by atoms with Gasteiger partial charge in [0.25, 0.3) is 5.91 Å². The Morgan fingerprint density at radius 2 is 2.04 bits per heavy atom. The highest BCUT2D eigenvalue weighted by Gasteiger charge is 2.24. The molecule has 0 bridgehead atoms. The average Bonchev–Trinajstić information content (AvgIpc) is 3.15. The van der Waals surface area contributed by atoms with E-state index in [1.165, 1.54) is 42.7 Å². The second kappa shape index (κ2) is 6.91. The fourth-order valence-electron chi connectivity index (χ4n) is 3.81. The van der Waals surface area contributed by atoms with E-state index in [0.29, 0.717) is 12.6 Å². The summed E-state index contributed by atoms with van der Waals surface area (Å²) in [5.41, 5.74) is 3.23. The van der Waals surface area contributed by atoms with Crippen molar-refractivity contribution in [3.05, 3.63) is 45.4 Å². The van der Waals surface area contributed by atoms with Crippen molar-refractivity contribution in [3.8, 4) is 0 Å². The lowest BCUT2D eigenvalue weighted by Crippen LogP contribution is -2.26. The third-order valence-electron chi connectivity index (χ3n) is 4.97. The van der Waals surface area contributed by atoms with Crippen molar-refractivity contribution in [2.75, 3.05) is 7.05 Å². The van der Waals surface area contributed by atoms with Gasteiger partial charge in [0.2, 0.25) is 0 Å². The van der Waals surface area contributed by atoms with Crippen LogP contribution in [-0.2, 0) is 6.54 Å². The first-order valence-electron chi connectivity index (χ1n) is 8.54. The van der Waals surface area contributed by atoms with E-state index < -0.39 is 0 Å². The van der Waals surface area contributed by atoms with Gasteiger partial charge < -0.3 is 9.47 Å². The van der Waals surface area contributed by atoms with Gasteiger partial charge in [0.15, 0.2) is 0 Å². The number of rotatable bonds is 4. The summed E-state index contributed by atoms with van der Waals surface area (Å²) in [6.45, 7) is 4.93. The second-order valence-electron chi connectivity index (χ2n) is 6.69. The largest absolute Gasteiger partial charge is 0.345 e. The number of hydrogen-bond donors (Lipinski definition) is 0. The molecule has 2 aromatic rings. The fraction of sp³-hybridized carbons (Fsp3) is 0.526. The van der Waals surface area contributed by atoms with Crippen LogP contribution in [0.15, 0.2) is 23.6 Å². The molecule has 2 aromatic heterocycles. The normalized spacial score (nSPS) is 15.8. The Bertz CT molecular complexity index is 666. The Hall–Kier alpha value is -1.55. The van der Waals surface area contributed by atoms with Gasteiger partial charge in [-0.05, 0) is 44.2 Å². The molecule has 1 amide bonds. The Morgan fingerprint density at radius 3 is 2.70 bits per heavy atom. The van der Waals surface area contributed by atoms with Crippen molar-refractivity contribution in [3.63, 3.8) is 0 Å². The van der Waals surface area contributed by atoms with Crippen molar-refractivity contribution in [2.45, 2.75) is 58.5 Å². The molecule has 1 fully saturated rings. The van der Waals surface area contributed by atoms with Crippen LogP contribution in [0.25, 0.3) is 0 Å². The van der Waals surface area contributed by atoms with Crippen LogP contribution in [0.5, 0.6) is 0 Å². The zero-order chi connectivity index (χ0) is 16.4. The van der Waals surface area contributed by atoms with Crippen LogP contribution in [0.3, 0.4) is 0 Å². The minimum Gasteiger partial charge on any atom is -0.345 e. The summed E-state index contributed by atoms with van der Waals surface area (Å²) < 4.78 is 2.41. The van der Waals surface area contributed by atoms with E-state index in [2.05, 4.69) is 35.9 Å². The Morgan fingerprint density at radius 1 is 1.30 bits per heavy atom. The van der Waals surface area contributed by atoms with Crippen molar-refractivity contribution in [1.29, 1.82) is 0 Å². The monoisotopic (exact) mass is 330 g/mol. The molecular weight excluding hydrogens is 304 g/mol. The lowest BCUT2D eigenvalue weighted by molar-refractivity contribution is 0.0785. The van der Waals surface area contributed by atoms with Crippen LogP contribution >= 0.6 is 11.3 Å². The first-order chi connectivity index (χ1) is 11.1. The summed E-state index contributed by atoms with van der Waals surface area (Å²) in [6, 6.07) is 6.78. The molecule has 0 saturated heterocycles. The minimum absolute atomic E-state index is 0.133. The second-order valence-corrected chi connectivity index (χ2v) is 7.72. The predicted molar refractivity (Wildman–Crippen MR) is 96.1 cm³/mol. The molecule has 1 saturated carbocycles. The minimum atomic E-state index is 0.133. The van der Waals surface area contributed by atoms with E-state index in [0.717, 1.165) is 11.3 Å². The summed E-state index contributed by atoms with van der Waals surface area (Å²) >= 11 is 1.70. The third-order valence-corrected chi connectivity index (χ3v) is 5.84. The van der Waals surface area contributed by atoms with Crippen LogP contribution in [-0.4, -0.2) is 22.4 Å². The number of carbonyl (C=O) groups excluding carboxylic acids is 1. The van der Waals surface area contributed by atoms with Crippen molar-refractivity contribution >= 4 is 17.2 Å². The summed E-state index contributed by atoms with van der Waals surface area (Å²) in [5.74, 6) is 0.133.